The molecule has 1 fully saturated rings. The van der Waals surface area contributed by atoms with Crippen molar-refractivity contribution in [3.8, 4) is 11.5 Å². The van der Waals surface area contributed by atoms with Crippen molar-refractivity contribution < 1.29 is 33.9 Å². The summed E-state index contributed by atoms with van der Waals surface area (Å²) in [7, 11) is 1.41. The van der Waals surface area contributed by atoms with Crippen molar-refractivity contribution >= 4 is 34.8 Å². The zero-order valence-electron chi connectivity index (χ0n) is 21.6. The Hall–Kier alpha value is -4.86. The summed E-state index contributed by atoms with van der Waals surface area (Å²) < 4.78 is 5.30. The summed E-state index contributed by atoms with van der Waals surface area (Å²) in [6.07, 6.45) is 3.42. The Bertz CT molecular complexity index is 1650. The van der Waals surface area contributed by atoms with Crippen LogP contribution in [0.2, 0.25) is 0 Å². The molecular formula is C30H24N2O8. The van der Waals surface area contributed by atoms with Crippen molar-refractivity contribution in [3.05, 3.63) is 92.6 Å². The summed E-state index contributed by atoms with van der Waals surface area (Å²) in [6.45, 7) is 1.56. The highest BCUT2D eigenvalue weighted by Gasteiger charge is 2.57. The first-order valence-corrected chi connectivity index (χ1v) is 12.8. The molecule has 202 valence electrons. The van der Waals surface area contributed by atoms with Crippen molar-refractivity contribution in [2.24, 2.45) is 17.8 Å². The lowest BCUT2D eigenvalue weighted by molar-refractivity contribution is -0.384. The molecule has 4 atom stereocenters. The van der Waals surface area contributed by atoms with Crippen molar-refractivity contribution in [1.29, 1.82) is 0 Å². The van der Waals surface area contributed by atoms with Gasteiger partial charge in [0, 0.05) is 40.3 Å². The van der Waals surface area contributed by atoms with E-state index in [2.05, 4.69) is 0 Å². The monoisotopic (exact) mass is 540 g/mol. The number of carbonyl (C=O) groups is 4. The first-order valence-electron chi connectivity index (χ1n) is 12.8. The summed E-state index contributed by atoms with van der Waals surface area (Å²) in [4.78, 5) is 66.0. The van der Waals surface area contributed by atoms with E-state index in [0.29, 0.717) is 11.1 Å². The molecule has 10 nitrogen and oxygen atoms in total. The van der Waals surface area contributed by atoms with Crippen LogP contribution in [-0.4, -0.2) is 40.5 Å². The summed E-state index contributed by atoms with van der Waals surface area (Å²) in [5, 5.41) is 22.4. The molecule has 40 heavy (non-hydrogen) atoms. The number of fused-ring (bicyclic) bond motifs is 3. The maximum Gasteiger partial charge on any atom is 0.271 e. The van der Waals surface area contributed by atoms with Crippen LogP contribution in [0.4, 0.5) is 11.4 Å². The number of Topliss-reactive ketones (excluding diaryl/α,β-unsaturated/α-hetero) is 1. The fourth-order valence-corrected chi connectivity index (χ4v) is 6.67. The number of benzene rings is 2. The Morgan fingerprint density at radius 3 is 2.52 bits per heavy atom. The van der Waals surface area contributed by atoms with Gasteiger partial charge in [-0.05, 0) is 43.9 Å². The molecule has 0 saturated carbocycles. The number of rotatable bonds is 4. The second kappa shape index (κ2) is 9.11. The number of aromatic hydroxyl groups is 1. The molecular weight excluding hydrogens is 516 g/mol. The number of ether oxygens (including phenoxy) is 1. The van der Waals surface area contributed by atoms with Gasteiger partial charge in [0.2, 0.25) is 11.8 Å². The first kappa shape index (κ1) is 25.4. The second-order valence-electron chi connectivity index (χ2n) is 10.4. The lowest BCUT2D eigenvalue weighted by atomic mass is 9.59. The Balaban J connectivity index is 1.49. The van der Waals surface area contributed by atoms with E-state index in [4.69, 9.17) is 4.74 Å². The van der Waals surface area contributed by atoms with Gasteiger partial charge in [-0.3, -0.25) is 29.3 Å². The zero-order chi connectivity index (χ0) is 28.5. The first-order chi connectivity index (χ1) is 19.1. The van der Waals surface area contributed by atoms with E-state index in [1.165, 1.54) is 37.5 Å². The van der Waals surface area contributed by atoms with Crippen LogP contribution in [0.5, 0.6) is 11.5 Å². The molecule has 2 aromatic rings. The fraction of sp³-hybridized carbons (Fsp3) is 0.267. The minimum absolute atomic E-state index is 0.0844. The Morgan fingerprint density at radius 1 is 1.05 bits per heavy atom. The average Bonchev–Trinajstić information content (AvgIpc) is 3.20. The van der Waals surface area contributed by atoms with Gasteiger partial charge in [-0.1, -0.05) is 29.8 Å². The smallest absolute Gasteiger partial charge is 0.271 e. The summed E-state index contributed by atoms with van der Waals surface area (Å²) >= 11 is 0. The number of hydrogen-bond acceptors (Lipinski definition) is 8. The number of nitro groups is 1. The van der Waals surface area contributed by atoms with Crippen LogP contribution in [0.25, 0.3) is 0 Å². The van der Waals surface area contributed by atoms with E-state index in [9.17, 15) is 34.4 Å². The standard InChI is InChI=1S/C30H24N2O8/c1-14-11-22(33)26-21(27(14)34)13-20-17(24(26)18-7-4-8-23(40-2)28(18)35)9-10-19-25(20)30(37)31(29(19)36)15-5-3-6-16(12-15)32(38)39/h3-9,11-12,19-20,24-25,35H,10,13H2,1-2H3/t19-,20+,24+,25-/m0/s1. The number of nitrogens with zero attached hydrogens (tertiary/aromatic N) is 2. The third-order valence-electron chi connectivity index (χ3n) is 8.42. The van der Waals surface area contributed by atoms with Gasteiger partial charge in [-0.25, -0.2) is 4.90 Å². The number of amides is 2. The highest BCUT2D eigenvalue weighted by atomic mass is 16.6. The molecule has 2 amide bonds. The van der Waals surface area contributed by atoms with Gasteiger partial charge in [-0.15, -0.1) is 0 Å². The zero-order valence-corrected chi connectivity index (χ0v) is 21.6. The van der Waals surface area contributed by atoms with Gasteiger partial charge in [0.1, 0.15) is 0 Å². The number of carbonyl (C=O) groups excluding carboxylic acids is 4. The molecule has 0 aromatic heterocycles. The van der Waals surface area contributed by atoms with Crippen LogP contribution >= 0.6 is 0 Å². The van der Waals surface area contributed by atoms with E-state index in [0.717, 1.165) is 4.90 Å². The van der Waals surface area contributed by atoms with E-state index < -0.39 is 40.4 Å². The second-order valence-corrected chi connectivity index (χ2v) is 10.4. The average molecular weight is 541 g/mol. The molecule has 3 aliphatic carbocycles. The maximum absolute atomic E-state index is 13.9. The van der Waals surface area contributed by atoms with Crippen molar-refractivity contribution in [3.63, 3.8) is 0 Å². The third-order valence-corrected chi connectivity index (χ3v) is 8.42. The predicted octanol–water partition coefficient (Wildman–Crippen LogP) is 3.94. The van der Waals surface area contributed by atoms with E-state index >= 15 is 0 Å². The molecule has 0 radical (unpaired) electrons. The van der Waals surface area contributed by atoms with Crippen molar-refractivity contribution in [2.75, 3.05) is 12.0 Å². The summed E-state index contributed by atoms with van der Waals surface area (Å²) in [6, 6.07) is 10.3. The minimum Gasteiger partial charge on any atom is -0.504 e. The number of phenols is 1. The number of imide groups is 1. The van der Waals surface area contributed by atoms with Gasteiger partial charge < -0.3 is 9.84 Å². The molecule has 4 aliphatic rings. The number of para-hydroxylation sites is 1. The molecule has 0 spiro atoms. The number of non-ortho nitro benzene ring substituents is 1. The van der Waals surface area contributed by atoms with Crippen molar-refractivity contribution in [1.82, 2.24) is 0 Å². The van der Waals surface area contributed by atoms with Gasteiger partial charge in [-0.2, -0.15) is 0 Å². The predicted molar refractivity (Wildman–Crippen MR) is 142 cm³/mol. The molecule has 6 rings (SSSR count). The topological polar surface area (TPSA) is 144 Å². The number of anilines is 1. The van der Waals surface area contributed by atoms with Crippen LogP contribution in [0, 0.1) is 27.9 Å². The number of allylic oxidation sites excluding steroid dienone is 6. The van der Waals surface area contributed by atoms with Gasteiger partial charge in [0.25, 0.3) is 5.69 Å². The van der Waals surface area contributed by atoms with Crippen LogP contribution in [-0.2, 0) is 19.2 Å². The Kier molecular flexibility index (Phi) is 5.79. The molecule has 2 aromatic carbocycles. The van der Waals surface area contributed by atoms with Crippen LogP contribution in [0.1, 0.15) is 31.2 Å². The Morgan fingerprint density at radius 2 is 1.80 bits per heavy atom. The summed E-state index contributed by atoms with van der Waals surface area (Å²) in [5.41, 5.74) is 1.72. The molecule has 1 N–H and O–H groups in total. The minimum atomic E-state index is -0.842. The third kappa shape index (κ3) is 3.55. The Labute approximate surface area is 228 Å². The number of ketones is 2. The van der Waals surface area contributed by atoms with Gasteiger partial charge in [0.15, 0.2) is 23.1 Å². The van der Waals surface area contributed by atoms with Crippen LogP contribution in [0.3, 0.4) is 0 Å². The summed E-state index contributed by atoms with van der Waals surface area (Å²) in [5.74, 6) is -4.59. The number of phenolic OH excluding ortho intramolecular Hbond substituents is 1. The highest BCUT2D eigenvalue weighted by molar-refractivity contribution is 6.25. The SMILES string of the molecule is COc1cccc([C@H]2C3=CC[C@@H]4C(=O)N(c5cccc([N+](=O)[O-])c5)C(=O)[C@@H]4[C@@H]3CC3=C2C(=O)C=C(C)C3=O)c1O. The number of hydrogen-bond donors (Lipinski definition) is 1. The van der Waals surface area contributed by atoms with E-state index in [1.807, 2.05) is 6.08 Å². The molecule has 1 saturated heterocycles. The normalized spacial score (nSPS) is 25.7. The lowest BCUT2D eigenvalue weighted by Crippen LogP contribution is -2.39. The lowest BCUT2D eigenvalue weighted by Gasteiger charge is -2.42. The molecule has 10 heteroatoms. The van der Waals surface area contributed by atoms with Crippen molar-refractivity contribution in [2.45, 2.75) is 25.7 Å². The molecule has 0 bridgehead atoms. The van der Waals surface area contributed by atoms with E-state index in [1.54, 1.807) is 25.1 Å². The number of nitro benzene ring substituents is 1. The quantitative estimate of drug-likeness (QED) is 0.202. The fourth-order valence-electron chi connectivity index (χ4n) is 6.67. The van der Waals surface area contributed by atoms with E-state index in [-0.39, 0.29) is 64.0 Å². The number of methoxy groups -OCH3 is 1. The highest BCUT2D eigenvalue weighted by Crippen LogP contribution is 2.57. The van der Waals surface area contributed by atoms with Crippen LogP contribution < -0.4 is 9.64 Å². The van der Waals surface area contributed by atoms with Crippen LogP contribution in [0.15, 0.2) is 76.9 Å². The molecule has 0 unspecified atom stereocenters. The largest absolute Gasteiger partial charge is 0.504 e. The van der Waals surface area contributed by atoms with Gasteiger partial charge >= 0.3 is 0 Å². The molecule has 1 heterocycles. The molecule has 1 aliphatic heterocycles. The maximum atomic E-state index is 13.9. The van der Waals surface area contributed by atoms with Gasteiger partial charge in [0.05, 0.1) is 29.6 Å².